The van der Waals surface area contributed by atoms with Gasteiger partial charge in [0, 0.05) is 11.4 Å². The molecule has 1 aliphatic heterocycles. The molecule has 0 amide bonds. The third-order valence-electron chi connectivity index (χ3n) is 2.66. The Balaban J connectivity index is 1.92. The average molecular weight is 189 g/mol. The largest absolute Gasteiger partial charge is 0.358 e. The molecule has 0 bridgehead atoms. The van der Waals surface area contributed by atoms with Gasteiger partial charge in [-0.3, -0.25) is 4.90 Å². The summed E-state index contributed by atoms with van der Waals surface area (Å²) in [5.74, 6) is 0. The van der Waals surface area contributed by atoms with E-state index in [0.29, 0.717) is 0 Å². The number of H-pyrrole nitrogens is 1. The van der Waals surface area contributed by atoms with E-state index in [2.05, 4.69) is 35.1 Å². The number of rotatable bonds is 3. The zero-order valence-corrected chi connectivity index (χ0v) is 8.50. The predicted octanol–water partition coefficient (Wildman–Crippen LogP) is 2.65. The summed E-state index contributed by atoms with van der Waals surface area (Å²) in [6, 6.07) is 4.16. The second-order valence-electron chi connectivity index (χ2n) is 3.80. The van der Waals surface area contributed by atoms with Crippen molar-refractivity contribution in [3.8, 4) is 0 Å². The zero-order valence-electron chi connectivity index (χ0n) is 8.50. The summed E-state index contributed by atoms with van der Waals surface area (Å²) in [6.45, 7) is 8.34. The number of piperidine rings is 1. The lowest BCUT2D eigenvalue weighted by Gasteiger charge is -2.25. The maximum atomic E-state index is 3.73. The Hall–Kier alpha value is -1.02. The number of hydrogen-bond donors (Lipinski definition) is 1. The van der Waals surface area contributed by atoms with Crippen LogP contribution in [-0.4, -0.2) is 23.0 Å². The first-order chi connectivity index (χ1) is 6.88. The van der Waals surface area contributed by atoms with Crippen LogP contribution in [0.15, 0.2) is 18.7 Å². The lowest BCUT2D eigenvalue weighted by atomic mass is 10.1. The molecule has 2 nitrogen and oxygen atoms in total. The van der Waals surface area contributed by atoms with Gasteiger partial charge in [-0.2, -0.15) is 0 Å². The molecule has 1 aromatic rings. The van der Waals surface area contributed by atoms with E-state index in [1.165, 1.54) is 38.0 Å². The van der Waals surface area contributed by atoms with E-state index in [4.69, 9.17) is 0 Å². The fourth-order valence-electron chi connectivity index (χ4n) is 1.87. The van der Waals surface area contributed by atoms with E-state index in [9.17, 15) is 0 Å². The highest BCUT2D eigenvalue weighted by Gasteiger charge is 2.11. The van der Waals surface area contributed by atoms with Gasteiger partial charge in [0.15, 0.2) is 0 Å². The first-order valence-electron chi connectivity index (χ1n) is 5.29. The third-order valence-corrected chi connectivity index (χ3v) is 2.66. The molecular weight excluding hydrogens is 172 g/mol. The van der Waals surface area contributed by atoms with Crippen LogP contribution < -0.4 is 0 Å². The molecule has 2 heteroatoms. The highest BCUT2D eigenvalue weighted by molar-refractivity contribution is 5.43. The minimum atomic E-state index is 1.09. The second-order valence-corrected chi connectivity index (χ2v) is 3.80. The summed E-state index contributed by atoms with van der Waals surface area (Å²) in [6.07, 6.45) is 5.87. The fraction of sp³-hybridized carbons (Fsp3) is 0.417. The molecule has 2 heterocycles. The molecule has 0 aromatic carbocycles. The summed E-state index contributed by atoms with van der Waals surface area (Å²) >= 11 is 0. The van der Waals surface area contributed by atoms with Crippen LogP contribution in [-0.2, 0) is 0 Å². The van der Waals surface area contributed by atoms with Crippen LogP contribution in [0.3, 0.4) is 0 Å². The van der Waals surface area contributed by atoms with Crippen molar-refractivity contribution in [1.82, 2.24) is 9.88 Å². The Labute approximate surface area is 85.6 Å². The van der Waals surface area contributed by atoms with E-state index in [0.717, 1.165) is 5.69 Å². The summed E-state index contributed by atoms with van der Waals surface area (Å²) in [7, 11) is 0. The quantitative estimate of drug-likeness (QED) is 0.774. The number of hydrogen-bond acceptors (Lipinski definition) is 1. The third kappa shape index (κ3) is 2.26. The predicted molar refractivity (Wildman–Crippen MR) is 59.7 cm³/mol. The molecule has 1 radical (unpaired) electrons. The first kappa shape index (κ1) is 9.53. The summed E-state index contributed by atoms with van der Waals surface area (Å²) in [4.78, 5) is 5.69. The van der Waals surface area contributed by atoms with Crippen LogP contribution in [0, 0.1) is 6.54 Å². The molecule has 0 spiro atoms. The van der Waals surface area contributed by atoms with Gasteiger partial charge in [0.1, 0.15) is 0 Å². The number of aromatic amines is 1. The molecule has 0 aliphatic carbocycles. The van der Waals surface area contributed by atoms with E-state index in [1.54, 1.807) is 0 Å². The number of likely N-dealkylation sites (tertiary alicyclic amines) is 1. The lowest BCUT2D eigenvalue weighted by Crippen LogP contribution is -2.27. The van der Waals surface area contributed by atoms with Crippen LogP contribution in [0.4, 0.5) is 0 Å². The van der Waals surface area contributed by atoms with Crippen LogP contribution in [0.25, 0.3) is 6.08 Å². The van der Waals surface area contributed by atoms with Gasteiger partial charge in [-0.15, -0.1) is 0 Å². The number of nitrogens with one attached hydrogen (secondary N) is 1. The van der Waals surface area contributed by atoms with Crippen LogP contribution in [0.5, 0.6) is 0 Å². The van der Waals surface area contributed by atoms with Crippen molar-refractivity contribution >= 4 is 6.08 Å². The van der Waals surface area contributed by atoms with Crippen molar-refractivity contribution < 1.29 is 0 Å². The first-order valence-corrected chi connectivity index (χ1v) is 5.29. The van der Waals surface area contributed by atoms with Gasteiger partial charge >= 0.3 is 0 Å². The van der Waals surface area contributed by atoms with Crippen molar-refractivity contribution in [2.24, 2.45) is 0 Å². The topological polar surface area (TPSA) is 19.0 Å². The Morgan fingerprint density at radius 2 is 1.86 bits per heavy atom. The van der Waals surface area contributed by atoms with Crippen LogP contribution in [0.2, 0.25) is 0 Å². The van der Waals surface area contributed by atoms with Crippen molar-refractivity contribution in [2.45, 2.75) is 19.3 Å². The Kier molecular flexibility index (Phi) is 3.04. The molecule has 1 fully saturated rings. The van der Waals surface area contributed by atoms with Gasteiger partial charge < -0.3 is 4.98 Å². The molecule has 1 saturated heterocycles. The van der Waals surface area contributed by atoms with Crippen molar-refractivity contribution in [1.29, 1.82) is 0 Å². The highest BCUT2D eigenvalue weighted by atomic mass is 15.1. The van der Waals surface area contributed by atoms with Gasteiger partial charge in [0.05, 0.1) is 6.54 Å². The number of nitrogens with zero attached hydrogens (tertiary/aromatic N) is 1. The van der Waals surface area contributed by atoms with E-state index in [1.807, 2.05) is 6.08 Å². The van der Waals surface area contributed by atoms with E-state index >= 15 is 0 Å². The Morgan fingerprint density at radius 3 is 2.50 bits per heavy atom. The highest BCUT2D eigenvalue weighted by Crippen LogP contribution is 2.14. The monoisotopic (exact) mass is 189 g/mol. The van der Waals surface area contributed by atoms with Crippen molar-refractivity contribution in [3.63, 3.8) is 0 Å². The smallest absolute Gasteiger partial charge is 0.0712 e. The maximum Gasteiger partial charge on any atom is 0.0712 e. The standard InChI is InChI=1S/C12H17N2/c1-2-11-6-7-12(13-11)10-14-8-4-3-5-9-14/h2,6-7,10,13H,1,3-5,8-9H2. The summed E-state index contributed by atoms with van der Waals surface area (Å²) in [5.41, 5.74) is 2.27. The molecule has 75 valence electrons. The molecule has 0 saturated carbocycles. The van der Waals surface area contributed by atoms with Crippen molar-refractivity contribution in [2.75, 3.05) is 13.1 Å². The van der Waals surface area contributed by atoms with Gasteiger partial charge in [-0.1, -0.05) is 13.0 Å². The molecule has 1 aromatic heterocycles. The van der Waals surface area contributed by atoms with Crippen molar-refractivity contribution in [3.05, 3.63) is 36.6 Å². The average Bonchev–Trinajstić information content (AvgIpc) is 2.67. The summed E-state index contributed by atoms with van der Waals surface area (Å²) in [5, 5.41) is 0. The molecule has 14 heavy (non-hydrogen) atoms. The van der Waals surface area contributed by atoms with E-state index in [-0.39, 0.29) is 0 Å². The zero-order chi connectivity index (χ0) is 9.80. The molecule has 2 rings (SSSR count). The maximum absolute atomic E-state index is 3.73. The lowest BCUT2D eigenvalue weighted by molar-refractivity contribution is 0.284. The van der Waals surface area contributed by atoms with Gasteiger partial charge in [-0.25, -0.2) is 0 Å². The van der Waals surface area contributed by atoms with Gasteiger partial charge in [0.2, 0.25) is 0 Å². The van der Waals surface area contributed by atoms with Crippen LogP contribution >= 0.6 is 0 Å². The number of aromatic nitrogens is 1. The molecule has 1 aliphatic rings. The molecule has 0 atom stereocenters. The SMILES string of the molecule is C=Cc1ccc([CH]N2CCCCC2)[nH]1. The van der Waals surface area contributed by atoms with Crippen LogP contribution in [0.1, 0.15) is 30.7 Å². The normalized spacial score (nSPS) is 18.3. The van der Waals surface area contributed by atoms with E-state index < -0.39 is 0 Å². The summed E-state index contributed by atoms with van der Waals surface area (Å²) < 4.78 is 0. The Bertz CT molecular complexity index is 295. The fourth-order valence-corrected chi connectivity index (χ4v) is 1.87. The Morgan fingerprint density at radius 1 is 1.14 bits per heavy atom. The molecular formula is C12H17N2. The van der Waals surface area contributed by atoms with Gasteiger partial charge in [0.25, 0.3) is 0 Å². The second kappa shape index (κ2) is 4.47. The minimum absolute atomic E-state index is 1.09. The molecule has 1 N–H and O–H groups in total. The van der Waals surface area contributed by atoms with Gasteiger partial charge in [-0.05, 0) is 44.1 Å². The molecule has 0 unspecified atom stereocenters. The minimum Gasteiger partial charge on any atom is -0.358 e.